The molecule has 1 atom stereocenters. The van der Waals surface area contributed by atoms with E-state index in [1.165, 1.54) is 23.9 Å². The van der Waals surface area contributed by atoms with Crippen LogP contribution in [0.2, 0.25) is 0 Å². The smallest absolute Gasteiger partial charge is 0.292 e. The predicted octanol–water partition coefficient (Wildman–Crippen LogP) is 3.45. The SMILES string of the molecule is C[C@@H](SCc1ccco1)C(=O)Nc1ccccc1[N+](=O)[O-]. The van der Waals surface area contributed by atoms with Crippen molar-refractivity contribution in [2.24, 2.45) is 0 Å². The second-order valence-corrected chi connectivity index (χ2v) is 5.63. The van der Waals surface area contributed by atoms with Gasteiger partial charge in [0.15, 0.2) is 0 Å². The van der Waals surface area contributed by atoms with Crippen LogP contribution in [0.4, 0.5) is 11.4 Å². The van der Waals surface area contributed by atoms with E-state index in [0.29, 0.717) is 5.75 Å². The van der Waals surface area contributed by atoms with Crippen molar-refractivity contribution in [1.82, 2.24) is 0 Å². The largest absolute Gasteiger partial charge is 0.468 e. The van der Waals surface area contributed by atoms with E-state index in [0.717, 1.165) is 5.76 Å². The molecule has 0 radical (unpaired) electrons. The number of hydrogen-bond donors (Lipinski definition) is 1. The summed E-state index contributed by atoms with van der Waals surface area (Å²) in [5.41, 5.74) is 0.0898. The van der Waals surface area contributed by atoms with Crippen LogP contribution in [0.1, 0.15) is 12.7 Å². The Labute approximate surface area is 125 Å². The average molecular weight is 306 g/mol. The zero-order chi connectivity index (χ0) is 15.2. The van der Waals surface area contributed by atoms with Crippen LogP contribution in [0.3, 0.4) is 0 Å². The lowest BCUT2D eigenvalue weighted by molar-refractivity contribution is -0.383. The van der Waals surface area contributed by atoms with Gasteiger partial charge in [0.05, 0.1) is 22.2 Å². The minimum Gasteiger partial charge on any atom is -0.468 e. The second-order valence-electron chi connectivity index (χ2n) is 4.30. The van der Waals surface area contributed by atoms with Crippen LogP contribution in [-0.4, -0.2) is 16.1 Å². The van der Waals surface area contributed by atoms with Crippen molar-refractivity contribution in [3.05, 3.63) is 58.5 Å². The van der Waals surface area contributed by atoms with Gasteiger partial charge in [-0.25, -0.2) is 0 Å². The van der Waals surface area contributed by atoms with Gasteiger partial charge in [0.1, 0.15) is 11.4 Å². The monoisotopic (exact) mass is 306 g/mol. The highest BCUT2D eigenvalue weighted by molar-refractivity contribution is 7.99. The second kappa shape index (κ2) is 6.94. The number of nitrogens with zero attached hydrogens (tertiary/aromatic N) is 1. The van der Waals surface area contributed by atoms with Gasteiger partial charge in [-0.2, -0.15) is 0 Å². The molecule has 1 aromatic heterocycles. The van der Waals surface area contributed by atoms with Gasteiger partial charge in [0.25, 0.3) is 5.69 Å². The van der Waals surface area contributed by atoms with Gasteiger partial charge in [0.2, 0.25) is 5.91 Å². The Hall–Kier alpha value is -2.28. The first-order valence-electron chi connectivity index (χ1n) is 6.26. The number of carbonyl (C=O) groups excluding carboxylic acids is 1. The summed E-state index contributed by atoms with van der Waals surface area (Å²) in [5.74, 6) is 1.07. The zero-order valence-electron chi connectivity index (χ0n) is 11.3. The summed E-state index contributed by atoms with van der Waals surface area (Å²) < 4.78 is 5.19. The quantitative estimate of drug-likeness (QED) is 0.652. The van der Waals surface area contributed by atoms with Crippen molar-refractivity contribution >= 4 is 29.0 Å². The molecular weight excluding hydrogens is 292 g/mol. The highest BCUT2D eigenvalue weighted by Gasteiger charge is 2.19. The van der Waals surface area contributed by atoms with E-state index >= 15 is 0 Å². The number of nitrogens with one attached hydrogen (secondary N) is 1. The number of carbonyl (C=O) groups is 1. The molecule has 0 saturated heterocycles. The van der Waals surface area contributed by atoms with Crippen LogP contribution in [0.25, 0.3) is 0 Å². The third-order valence-corrected chi connectivity index (χ3v) is 3.95. The Morgan fingerprint density at radius 2 is 2.14 bits per heavy atom. The van der Waals surface area contributed by atoms with E-state index in [9.17, 15) is 14.9 Å². The Balaban J connectivity index is 1.96. The highest BCUT2D eigenvalue weighted by Crippen LogP contribution is 2.25. The van der Waals surface area contributed by atoms with Crippen molar-refractivity contribution in [2.75, 3.05) is 5.32 Å². The number of furan rings is 1. The molecule has 1 amide bonds. The van der Waals surface area contributed by atoms with E-state index in [4.69, 9.17) is 4.42 Å². The first kappa shape index (κ1) is 15.1. The Kier molecular flexibility index (Phi) is 4.99. The van der Waals surface area contributed by atoms with Crippen LogP contribution < -0.4 is 5.32 Å². The average Bonchev–Trinajstić information content (AvgIpc) is 2.98. The summed E-state index contributed by atoms with van der Waals surface area (Å²) >= 11 is 1.40. The van der Waals surface area contributed by atoms with E-state index in [1.807, 2.05) is 6.07 Å². The van der Waals surface area contributed by atoms with Crippen molar-refractivity contribution in [3.8, 4) is 0 Å². The maximum atomic E-state index is 12.1. The summed E-state index contributed by atoms with van der Waals surface area (Å²) in [6.07, 6.45) is 1.58. The van der Waals surface area contributed by atoms with Gasteiger partial charge in [-0.1, -0.05) is 12.1 Å². The number of rotatable bonds is 6. The number of amides is 1. The molecule has 1 aromatic carbocycles. The fourth-order valence-corrected chi connectivity index (χ4v) is 2.44. The standard InChI is InChI=1S/C14H14N2O4S/c1-10(21-9-11-5-4-8-20-11)14(17)15-12-6-2-3-7-13(12)16(18)19/h2-8,10H,9H2,1H3,(H,15,17)/t10-/m1/s1. The summed E-state index contributed by atoms with van der Waals surface area (Å²) in [6, 6.07) is 9.69. The molecule has 0 saturated carbocycles. The molecular formula is C14H14N2O4S. The third-order valence-electron chi connectivity index (χ3n) is 2.78. The summed E-state index contributed by atoms with van der Waals surface area (Å²) in [7, 11) is 0. The maximum absolute atomic E-state index is 12.1. The number of hydrogen-bond acceptors (Lipinski definition) is 5. The predicted molar refractivity (Wildman–Crippen MR) is 81.2 cm³/mol. The number of para-hydroxylation sites is 2. The molecule has 0 unspecified atom stereocenters. The number of anilines is 1. The molecule has 21 heavy (non-hydrogen) atoms. The summed E-state index contributed by atoms with van der Waals surface area (Å²) in [5, 5.41) is 13.1. The van der Waals surface area contributed by atoms with Gasteiger partial charge < -0.3 is 9.73 Å². The molecule has 0 fully saturated rings. The van der Waals surface area contributed by atoms with Crippen LogP contribution >= 0.6 is 11.8 Å². The van der Waals surface area contributed by atoms with E-state index in [1.54, 1.807) is 31.4 Å². The molecule has 0 aliphatic heterocycles. The van der Waals surface area contributed by atoms with E-state index < -0.39 is 4.92 Å². The molecule has 1 N–H and O–H groups in total. The topological polar surface area (TPSA) is 85.4 Å². The highest BCUT2D eigenvalue weighted by atomic mass is 32.2. The van der Waals surface area contributed by atoms with Crippen molar-refractivity contribution in [3.63, 3.8) is 0 Å². The molecule has 0 aliphatic carbocycles. The molecule has 2 aromatic rings. The van der Waals surface area contributed by atoms with Crippen LogP contribution in [0, 0.1) is 10.1 Å². The lowest BCUT2D eigenvalue weighted by Crippen LogP contribution is -2.23. The van der Waals surface area contributed by atoms with Gasteiger partial charge in [-0.05, 0) is 25.1 Å². The first-order valence-corrected chi connectivity index (χ1v) is 7.31. The van der Waals surface area contributed by atoms with E-state index in [-0.39, 0.29) is 22.5 Å². The normalized spacial score (nSPS) is 11.9. The molecule has 0 spiro atoms. The maximum Gasteiger partial charge on any atom is 0.292 e. The fraction of sp³-hybridized carbons (Fsp3) is 0.214. The zero-order valence-corrected chi connectivity index (χ0v) is 12.1. The lowest BCUT2D eigenvalue weighted by Gasteiger charge is -2.11. The minimum absolute atomic E-state index is 0.117. The van der Waals surface area contributed by atoms with Crippen molar-refractivity contribution in [2.45, 2.75) is 17.9 Å². The van der Waals surface area contributed by atoms with Gasteiger partial charge in [-0.15, -0.1) is 11.8 Å². The number of nitro benzene ring substituents is 1. The van der Waals surface area contributed by atoms with Crippen LogP contribution in [0.5, 0.6) is 0 Å². The number of nitro groups is 1. The lowest BCUT2D eigenvalue weighted by atomic mass is 10.2. The first-order chi connectivity index (χ1) is 10.1. The molecule has 0 aliphatic rings. The Morgan fingerprint density at radius 1 is 1.38 bits per heavy atom. The molecule has 6 nitrogen and oxygen atoms in total. The van der Waals surface area contributed by atoms with Crippen LogP contribution in [0.15, 0.2) is 47.1 Å². The summed E-state index contributed by atoms with van der Waals surface area (Å²) in [6.45, 7) is 1.75. The van der Waals surface area contributed by atoms with Crippen molar-refractivity contribution in [1.29, 1.82) is 0 Å². The van der Waals surface area contributed by atoms with Gasteiger partial charge in [0, 0.05) is 6.07 Å². The van der Waals surface area contributed by atoms with Gasteiger partial charge in [-0.3, -0.25) is 14.9 Å². The number of thioether (sulfide) groups is 1. The van der Waals surface area contributed by atoms with Gasteiger partial charge >= 0.3 is 0 Å². The third kappa shape index (κ3) is 4.09. The Bertz CT molecular complexity index is 628. The Morgan fingerprint density at radius 3 is 2.81 bits per heavy atom. The summed E-state index contributed by atoms with van der Waals surface area (Å²) in [4.78, 5) is 22.4. The molecule has 2 rings (SSSR count). The molecule has 110 valence electrons. The number of benzene rings is 1. The van der Waals surface area contributed by atoms with Crippen molar-refractivity contribution < 1.29 is 14.1 Å². The molecule has 1 heterocycles. The minimum atomic E-state index is -0.518. The molecule has 7 heteroatoms. The van der Waals surface area contributed by atoms with Crippen LogP contribution in [-0.2, 0) is 10.5 Å². The molecule has 0 bridgehead atoms. The fourth-order valence-electron chi connectivity index (χ4n) is 1.65. The van der Waals surface area contributed by atoms with E-state index in [2.05, 4.69) is 5.32 Å².